The van der Waals surface area contributed by atoms with E-state index in [9.17, 15) is 24.3 Å². The lowest BCUT2D eigenvalue weighted by Crippen LogP contribution is -2.56. The molecule has 192 valence electrons. The maximum atomic E-state index is 12.8. The normalized spacial score (nSPS) is 15.5. The van der Waals surface area contributed by atoms with Gasteiger partial charge in [-0.25, -0.2) is 4.79 Å². The fraction of sp³-hybridized carbons (Fsp3) is 0.520. The SMILES string of the molecule is CCC(C)C(NC(=O)CNC(=O)C(NC(=O)C(N)Cc1c[nH]c2ccccc12)C(C)CC)C(=O)O. The molecule has 2 rings (SSSR count). The number of aromatic amines is 1. The minimum absolute atomic E-state index is 0.214. The van der Waals surface area contributed by atoms with Crippen LogP contribution in [0.4, 0.5) is 0 Å². The molecular weight excluding hydrogens is 450 g/mol. The number of aliphatic carboxylic acids is 1. The first-order valence-corrected chi connectivity index (χ1v) is 12.0. The molecule has 0 bridgehead atoms. The molecule has 0 radical (unpaired) electrons. The number of carboxylic acids is 1. The summed E-state index contributed by atoms with van der Waals surface area (Å²) in [4.78, 5) is 52.5. The first kappa shape index (κ1) is 27.8. The number of aromatic nitrogens is 1. The van der Waals surface area contributed by atoms with Crippen LogP contribution in [0.1, 0.15) is 46.1 Å². The Balaban J connectivity index is 1.98. The highest BCUT2D eigenvalue weighted by molar-refractivity contribution is 5.93. The summed E-state index contributed by atoms with van der Waals surface area (Å²) in [5.41, 5.74) is 8.01. The van der Waals surface area contributed by atoms with Gasteiger partial charge < -0.3 is 31.8 Å². The standard InChI is InChI=1S/C25H37N5O5/c1-5-14(3)21(24(33)28-13-20(31)29-22(25(34)35)15(4)6-2)30-23(32)18(26)11-16-12-27-19-10-8-7-9-17(16)19/h7-10,12,14-15,18,21-22,27H,5-6,11,13,26H2,1-4H3,(H,28,33)(H,29,31)(H,30,32)(H,34,35). The van der Waals surface area contributed by atoms with E-state index in [-0.39, 0.29) is 11.8 Å². The van der Waals surface area contributed by atoms with Crippen LogP contribution in [0.5, 0.6) is 0 Å². The highest BCUT2D eigenvalue weighted by Gasteiger charge is 2.29. The number of hydrogen-bond acceptors (Lipinski definition) is 5. The van der Waals surface area contributed by atoms with Gasteiger partial charge in [-0.2, -0.15) is 0 Å². The van der Waals surface area contributed by atoms with Crippen LogP contribution in [0.3, 0.4) is 0 Å². The van der Waals surface area contributed by atoms with Crippen LogP contribution in [0.15, 0.2) is 30.5 Å². The fourth-order valence-electron chi connectivity index (χ4n) is 3.78. The summed E-state index contributed by atoms with van der Waals surface area (Å²) in [6.45, 7) is 6.87. The van der Waals surface area contributed by atoms with E-state index in [1.165, 1.54) is 0 Å². The molecule has 5 atom stereocenters. The van der Waals surface area contributed by atoms with Gasteiger partial charge >= 0.3 is 5.97 Å². The number of fused-ring (bicyclic) bond motifs is 1. The number of H-pyrrole nitrogens is 1. The molecule has 7 N–H and O–H groups in total. The average molecular weight is 488 g/mol. The van der Waals surface area contributed by atoms with Gasteiger partial charge in [-0.3, -0.25) is 14.4 Å². The zero-order chi connectivity index (χ0) is 26.1. The van der Waals surface area contributed by atoms with Crippen LogP contribution in [-0.4, -0.2) is 58.5 Å². The van der Waals surface area contributed by atoms with Gasteiger partial charge in [-0.1, -0.05) is 58.7 Å². The smallest absolute Gasteiger partial charge is 0.326 e. The minimum atomic E-state index is -1.13. The molecule has 10 heteroatoms. The molecule has 3 amide bonds. The Kier molecular flexibility index (Phi) is 10.3. The molecule has 0 fully saturated rings. The summed E-state index contributed by atoms with van der Waals surface area (Å²) < 4.78 is 0. The molecule has 0 saturated carbocycles. The Hall–Kier alpha value is -3.40. The number of para-hydroxylation sites is 1. The van der Waals surface area contributed by atoms with Crippen LogP contribution < -0.4 is 21.7 Å². The molecule has 10 nitrogen and oxygen atoms in total. The van der Waals surface area contributed by atoms with Crippen molar-refractivity contribution in [3.63, 3.8) is 0 Å². The van der Waals surface area contributed by atoms with Gasteiger partial charge in [0, 0.05) is 17.1 Å². The highest BCUT2D eigenvalue weighted by atomic mass is 16.4. The van der Waals surface area contributed by atoms with Crippen molar-refractivity contribution in [1.82, 2.24) is 20.9 Å². The van der Waals surface area contributed by atoms with E-state index in [4.69, 9.17) is 5.73 Å². The quantitative estimate of drug-likeness (QED) is 0.249. The van der Waals surface area contributed by atoms with Crippen LogP contribution >= 0.6 is 0 Å². The highest BCUT2D eigenvalue weighted by Crippen LogP contribution is 2.19. The Morgan fingerprint density at radius 1 is 0.971 bits per heavy atom. The Labute approximate surface area is 205 Å². The molecule has 0 aliphatic carbocycles. The number of benzene rings is 1. The van der Waals surface area contributed by atoms with Gasteiger partial charge in [0.05, 0.1) is 12.6 Å². The van der Waals surface area contributed by atoms with E-state index < -0.39 is 48.4 Å². The number of nitrogens with two attached hydrogens (primary N) is 1. The summed E-state index contributed by atoms with van der Waals surface area (Å²) in [6, 6.07) is 4.90. The number of carbonyl (C=O) groups is 4. The van der Waals surface area contributed by atoms with E-state index in [1.807, 2.05) is 51.2 Å². The predicted molar refractivity (Wildman–Crippen MR) is 133 cm³/mol. The number of hydrogen-bond donors (Lipinski definition) is 6. The van der Waals surface area contributed by atoms with Crippen LogP contribution in [-0.2, 0) is 25.6 Å². The van der Waals surface area contributed by atoms with Crippen molar-refractivity contribution in [1.29, 1.82) is 0 Å². The molecule has 0 aliphatic heterocycles. The van der Waals surface area contributed by atoms with Crippen molar-refractivity contribution in [2.24, 2.45) is 17.6 Å². The molecule has 0 saturated heterocycles. The van der Waals surface area contributed by atoms with Gasteiger partial charge in [-0.05, 0) is 29.9 Å². The third kappa shape index (κ3) is 7.54. The van der Waals surface area contributed by atoms with E-state index in [0.717, 1.165) is 16.5 Å². The molecule has 5 unspecified atom stereocenters. The molecule has 0 spiro atoms. The summed E-state index contributed by atoms with van der Waals surface area (Å²) in [5.74, 6) is -3.23. The molecule has 2 aromatic rings. The summed E-state index contributed by atoms with van der Waals surface area (Å²) in [6.07, 6.45) is 3.29. The largest absolute Gasteiger partial charge is 0.480 e. The van der Waals surface area contributed by atoms with Gasteiger partial charge in [0.2, 0.25) is 17.7 Å². The van der Waals surface area contributed by atoms with Crippen LogP contribution in [0, 0.1) is 11.8 Å². The Morgan fingerprint density at radius 3 is 2.23 bits per heavy atom. The fourth-order valence-corrected chi connectivity index (χ4v) is 3.78. The summed E-state index contributed by atoms with van der Waals surface area (Å²) in [5, 5.41) is 18.0. The molecule has 1 heterocycles. The number of amides is 3. The van der Waals surface area contributed by atoms with E-state index in [1.54, 1.807) is 6.92 Å². The van der Waals surface area contributed by atoms with Gasteiger partial charge in [0.15, 0.2) is 0 Å². The minimum Gasteiger partial charge on any atom is -0.480 e. The average Bonchev–Trinajstić information content (AvgIpc) is 3.25. The van der Waals surface area contributed by atoms with Crippen molar-refractivity contribution in [3.05, 3.63) is 36.0 Å². The Morgan fingerprint density at radius 2 is 1.60 bits per heavy atom. The lowest BCUT2D eigenvalue weighted by Gasteiger charge is -2.25. The first-order valence-electron chi connectivity index (χ1n) is 12.0. The summed E-state index contributed by atoms with van der Waals surface area (Å²) in [7, 11) is 0. The van der Waals surface area contributed by atoms with Crippen molar-refractivity contribution >= 4 is 34.6 Å². The molecule has 1 aromatic carbocycles. The second kappa shape index (κ2) is 12.9. The predicted octanol–water partition coefficient (Wildman–Crippen LogP) is 1.30. The molecule has 1 aromatic heterocycles. The molecule has 0 aliphatic rings. The zero-order valence-corrected chi connectivity index (χ0v) is 20.8. The van der Waals surface area contributed by atoms with Crippen LogP contribution in [0.25, 0.3) is 10.9 Å². The topological polar surface area (TPSA) is 166 Å². The number of carboxylic acid groups (broad SMARTS) is 1. The zero-order valence-electron chi connectivity index (χ0n) is 20.8. The number of carbonyl (C=O) groups excluding carboxylic acids is 3. The molecular formula is C25H37N5O5. The van der Waals surface area contributed by atoms with Crippen molar-refractivity contribution < 1.29 is 24.3 Å². The van der Waals surface area contributed by atoms with Crippen molar-refractivity contribution in [2.75, 3.05) is 6.54 Å². The maximum absolute atomic E-state index is 12.8. The maximum Gasteiger partial charge on any atom is 0.326 e. The van der Waals surface area contributed by atoms with E-state index in [0.29, 0.717) is 19.3 Å². The second-order valence-electron chi connectivity index (χ2n) is 9.03. The van der Waals surface area contributed by atoms with Gasteiger partial charge in [0.1, 0.15) is 12.1 Å². The van der Waals surface area contributed by atoms with Crippen LogP contribution in [0.2, 0.25) is 0 Å². The van der Waals surface area contributed by atoms with Gasteiger partial charge in [0.25, 0.3) is 0 Å². The second-order valence-corrected chi connectivity index (χ2v) is 9.03. The number of rotatable bonds is 13. The molecule has 35 heavy (non-hydrogen) atoms. The Bertz CT molecular complexity index is 1040. The van der Waals surface area contributed by atoms with Crippen molar-refractivity contribution in [3.8, 4) is 0 Å². The number of nitrogens with one attached hydrogen (secondary N) is 4. The monoisotopic (exact) mass is 487 g/mol. The third-order valence-electron chi connectivity index (χ3n) is 6.46. The van der Waals surface area contributed by atoms with Gasteiger partial charge in [-0.15, -0.1) is 0 Å². The lowest BCUT2D eigenvalue weighted by molar-refractivity contribution is -0.143. The third-order valence-corrected chi connectivity index (χ3v) is 6.46. The van der Waals surface area contributed by atoms with E-state index >= 15 is 0 Å². The first-order chi connectivity index (χ1) is 16.6. The lowest BCUT2D eigenvalue weighted by atomic mass is 9.97. The summed E-state index contributed by atoms with van der Waals surface area (Å²) >= 11 is 0. The van der Waals surface area contributed by atoms with E-state index in [2.05, 4.69) is 20.9 Å². The van der Waals surface area contributed by atoms with Crippen molar-refractivity contribution in [2.45, 2.75) is 65.1 Å².